The molecule has 1 amide bonds. The molecule has 0 saturated heterocycles. The van der Waals surface area contributed by atoms with Gasteiger partial charge in [-0.1, -0.05) is 78.4 Å². The smallest absolute Gasteiger partial charge is 0.248 e. The molecule has 0 atom stereocenters. The lowest BCUT2D eigenvalue weighted by atomic mass is 10.1. The highest BCUT2D eigenvalue weighted by Gasteiger charge is 2.15. The van der Waals surface area contributed by atoms with Crippen molar-refractivity contribution >= 4 is 12.0 Å². The summed E-state index contributed by atoms with van der Waals surface area (Å²) in [6.45, 7) is 3.61. The zero-order valence-corrected chi connectivity index (χ0v) is 20.2. The summed E-state index contributed by atoms with van der Waals surface area (Å²) in [6.07, 6.45) is 2.81. The summed E-state index contributed by atoms with van der Waals surface area (Å²) in [6, 6.07) is 25.9. The Morgan fingerprint density at radius 2 is 1.53 bits per heavy atom. The third-order valence-electron chi connectivity index (χ3n) is 5.46. The van der Waals surface area contributed by atoms with Gasteiger partial charge in [0.2, 0.25) is 5.91 Å². The minimum Gasteiger partial charge on any atom is -0.493 e. The van der Waals surface area contributed by atoms with E-state index in [1.807, 2.05) is 71.6 Å². The number of nitrogens with zero attached hydrogens (tertiary/aromatic N) is 1. The molecule has 5 nitrogen and oxygen atoms in total. The van der Waals surface area contributed by atoms with E-state index < -0.39 is 0 Å². The zero-order valence-electron chi connectivity index (χ0n) is 20.2. The van der Waals surface area contributed by atoms with E-state index in [9.17, 15) is 4.79 Å². The van der Waals surface area contributed by atoms with E-state index in [2.05, 4.69) is 25.1 Å². The van der Waals surface area contributed by atoms with Crippen LogP contribution in [0.4, 0.5) is 0 Å². The van der Waals surface area contributed by atoms with Gasteiger partial charge in [-0.3, -0.25) is 4.79 Å². The second kappa shape index (κ2) is 13.2. The van der Waals surface area contributed by atoms with Gasteiger partial charge in [0.15, 0.2) is 11.5 Å². The Labute approximate surface area is 202 Å². The van der Waals surface area contributed by atoms with Gasteiger partial charge in [-0.2, -0.15) is 0 Å². The van der Waals surface area contributed by atoms with E-state index in [0.29, 0.717) is 37.6 Å². The van der Waals surface area contributed by atoms with Crippen molar-refractivity contribution in [3.8, 4) is 11.5 Å². The standard InChI is InChI=1S/C29H33NO4/c1-23(18-24-10-6-4-7-11-24)20-30(29(31)22-34-21-26-12-8-5-9-13-26)17-16-25-14-15-27(32-2)28(19-25)33-3/h4-15,18-19H,16-17,20-22H2,1-3H3/b23-18+. The Balaban J connectivity index is 1.67. The molecule has 0 aliphatic carbocycles. The average Bonchev–Trinajstić information content (AvgIpc) is 2.87. The molecule has 0 bridgehead atoms. The second-order valence-electron chi connectivity index (χ2n) is 8.13. The predicted octanol–water partition coefficient (Wildman–Crippen LogP) is 5.40. The number of hydrogen-bond donors (Lipinski definition) is 0. The van der Waals surface area contributed by atoms with Crippen molar-refractivity contribution in [1.29, 1.82) is 0 Å². The maximum atomic E-state index is 13.1. The molecular formula is C29H33NO4. The van der Waals surface area contributed by atoms with Crippen LogP contribution >= 0.6 is 0 Å². The van der Waals surface area contributed by atoms with E-state index in [-0.39, 0.29) is 12.5 Å². The van der Waals surface area contributed by atoms with Gasteiger partial charge in [-0.25, -0.2) is 0 Å². The van der Waals surface area contributed by atoms with Crippen LogP contribution in [0.15, 0.2) is 84.4 Å². The summed E-state index contributed by atoms with van der Waals surface area (Å²) in [5, 5.41) is 0. The molecule has 0 aliphatic heterocycles. The minimum absolute atomic E-state index is 0.0304. The molecule has 178 valence electrons. The van der Waals surface area contributed by atoms with Crippen LogP contribution in [0.5, 0.6) is 11.5 Å². The summed E-state index contributed by atoms with van der Waals surface area (Å²) >= 11 is 0. The molecule has 3 rings (SSSR count). The number of methoxy groups -OCH3 is 2. The molecule has 3 aromatic rings. The van der Waals surface area contributed by atoms with Crippen LogP contribution in [0.1, 0.15) is 23.6 Å². The number of benzene rings is 3. The van der Waals surface area contributed by atoms with Crippen molar-refractivity contribution in [2.75, 3.05) is 33.9 Å². The molecule has 0 aliphatic rings. The summed E-state index contributed by atoms with van der Waals surface area (Å²) in [5.74, 6) is 1.34. The number of ether oxygens (including phenoxy) is 3. The van der Waals surface area contributed by atoms with Crippen molar-refractivity contribution in [3.63, 3.8) is 0 Å². The van der Waals surface area contributed by atoms with Crippen LogP contribution in [-0.2, 0) is 22.6 Å². The Morgan fingerprint density at radius 1 is 0.853 bits per heavy atom. The van der Waals surface area contributed by atoms with Crippen LogP contribution in [0.3, 0.4) is 0 Å². The van der Waals surface area contributed by atoms with E-state index in [0.717, 1.165) is 22.3 Å². The van der Waals surface area contributed by atoms with Gasteiger partial charge in [0.1, 0.15) is 6.61 Å². The lowest BCUT2D eigenvalue weighted by Gasteiger charge is -2.24. The molecule has 0 aromatic heterocycles. The summed E-state index contributed by atoms with van der Waals surface area (Å²) in [5.41, 5.74) is 4.35. The minimum atomic E-state index is -0.0304. The van der Waals surface area contributed by atoms with Crippen molar-refractivity contribution < 1.29 is 19.0 Å². The molecular weight excluding hydrogens is 426 g/mol. The predicted molar refractivity (Wildman–Crippen MR) is 136 cm³/mol. The molecule has 0 radical (unpaired) electrons. The molecule has 0 heterocycles. The quantitative estimate of drug-likeness (QED) is 0.364. The van der Waals surface area contributed by atoms with E-state index in [4.69, 9.17) is 14.2 Å². The lowest BCUT2D eigenvalue weighted by Crippen LogP contribution is -2.37. The van der Waals surface area contributed by atoms with Crippen LogP contribution in [0, 0.1) is 0 Å². The van der Waals surface area contributed by atoms with Gasteiger partial charge in [0, 0.05) is 13.1 Å². The van der Waals surface area contributed by atoms with Crippen LogP contribution in [0.25, 0.3) is 6.08 Å². The molecule has 0 fully saturated rings. The molecule has 0 unspecified atom stereocenters. The van der Waals surface area contributed by atoms with Gasteiger partial charge < -0.3 is 19.1 Å². The summed E-state index contributed by atoms with van der Waals surface area (Å²) in [4.78, 5) is 15.0. The highest BCUT2D eigenvalue weighted by Crippen LogP contribution is 2.27. The zero-order chi connectivity index (χ0) is 24.2. The number of rotatable bonds is 12. The third-order valence-corrected chi connectivity index (χ3v) is 5.46. The van der Waals surface area contributed by atoms with E-state index in [1.165, 1.54) is 0 Å². The first-order valence-electron chi connectivity index (χ1n) is 11.4. The highest BCUT2D eigenvalue weighted by atomic mass is 16.5. The molecule has 34 heavy (non-hydrogen) atoms. The Morgan fingerprint density at radius 3 is 2.21 bits per heavy atom. The fraction of sp³-hybridized carbons (Fsp3) is 0.276. The van der Waals surface area contributed by atoms with Gasteiger partial charge in [0.05, 0.1) is 20.8 Å². The molecule has 3 aromatic carbocycles. The SMILES string of the molecule is COc1ccc(CCN(C/C(C)=C/c2ccccc2)C(=O)COCc2ccccc2)cc1OC. The molecule has 5 heteroatoms. The second-order valence-corrected chi connectivity index (χ2v) is 8.13. The fourth-order valence-electron chi connectivity index (χ4n) is 3.69. The first-order chi connectivity index (χ1) is 16.6. The van der Waals surface area contributed by atoms with Crippen LogP contribution in [-0.4, -0.2) is 44.7 Å². The summed E-state index contributed by atoms with van der Waals surface area (Å²) < 4.78 is 16.5. The Kier molecular flexibility index (Phi) is 9.74. The van der Waals surface area contributed by atoms with Crippen molar-refractivity contribution in [3.05, 3.63) is 101 Å². The largest absolute Gasteiger partial charge is 0.493 e. The van der Waals surface area contributed by atoms with E-state index in [1.54, 1.807) is 14.2 Å². The number of carbonyl (C=O) groups excluding carboxylic acids is 1. The number of amides is 1. The van der Waals surface area contributed by atoms with Crippen LogP contribution in [0.2, 0.25) is 0 Å². The highest BCUT2D eigenvalue weighted by molar-refractivity contribution is 5.78. The normalized spacial score (nSPS) is 11.2. The lowest BCUT2D eigenvalue weighted by molar-refractivity contribution is -0.136. The number of carbonyl (C=O) groups is 1. The van der Waals surface area contributed by atoms with Gasteiger partial charge in [0.25, 0.3) is 0 Å². The average molecular weight is 460 g/mol. The monoisotopic (exact) mass is 459 g/mol. The van der Waals surface area contributed by atoms with Crippen molar-refractivity contribution in [2.24, 2.45) is 0 Å². The first kappa shape index (κ1) is 25.1. The summed E-state index contributed by atoms with van der Waals surface area (Å²) in [7, 11) is 3.24. The third kappa shape index (κ3) is 7.78. The Hall–Kier alpha value is -3.57. The van der Waals surface area contributed by atoms with Gasteiger partial charge in [-0.15, -0.1) is 0 Å². The maximum Gasteiger partial charge on any atom is 0.248 e. The van der Waals surface area contributed by atoms with Crippen LogP contribution < -0.4 is 9.47 Å². The molecule has 0 spiro atoms. The topological polar surface area (TPSA) is 48.0 Å². The van der Waals surface area contributed by atoms with Gasteiger partial charge in [-0.05, 0) is 42.2 Å². The first-order valence-corrected chi connectivity index (χ1v) is 11.4. The van der Waals surface area contributed by atoms with Crippen molar-refractivity contribution in [1.82, 2.24) is 4.90 Å². The molecule has 0 saturated carbocycles. The maximum absolute atomic E-state index is 13.1. The molecule has 0 N–H and O–H groups in total. The van der Waals surface area contributed by atoms with E-state index >= 15 is 0 Å². The number of hydrogen-bond acceptors (Lipinski definition) is 4. The fourth-order valence-corrected chi connectivity index (χ4v) is 3.69. The van der Waals surface area contributed by atoms with Crippen molar-refractivity contribution in [2.45, 2.75) is 20.0 Å². The Bertz CT molecular complexity index is 1060. The van der Waals surface area contributed by atoms with Gasteiger partial charge >= 0.3 is 0 Å².